The first-order valence-electron chi connectivity index (χ1n) is 9.55. The number of hydrogen-bond acceptors (Lipinski definition) is 7. The van der Waals surface area contributed by atoms with Gasteiger partial charge in [0.25, 0.3) is 5.91 Å². The number of carbonyl (C=O) groups excluding carboxylic acids is 1. The third kappa shape index (κ3) is 3.65. The van der Waals surface area contributed by atoms with Gasteiger partial charge < -0.3 is 9.84 Å². The molecule has 2 atom stereocenters. The molecule has 9 nitrogen and oxygen atoms in total. The van der Waals surface area contributed by atoms with Crippen LogP contribution in [0, 0.1) is 0 Å². The first-order chi connectivity index (χ1) is 14.4. The summed E-state index contributed by atoms with van der Waals surface area (Å²) in [6.07, 6.45) is 0.0247. The maximum absolute atomic E-state index is 13.2. The Morgan fingerprint density at radius 1 is 1.23 bits per heavy atom. The molecule has 1 aliphatic heterocycles. The monoisotopic (exact) mass is 520 g/mol. The number of ether oxygens (including phenoxy) is 1. The molecule has 156 valence electrons. The number of benzene rings is 1. The number of tetrazole rings is 1. The molecule has 2 unspecified atom stereocenters. The summed E-state index contributed by atoms with van der Waals surface area (Å²) in [6.45, 7) is 5.60. The molecule has 0 bridgehead atoms. The maximum atomic E-state index is 13.2. The molecule has 1 aromatic carbocycles. The van der Waals surface area contributed by atoms with Crippen molar-refractivity contribution in [1.29, 1.82) is 0 Å². The summed E-state index contributed by atoms with van der Waals surface area (Å²) in [5.74, 6) is 1.47. The van der Waals surface area contributed by atoms with Crippen molar-refractivity contribution in [1.82, 2.24) is 25.2 Å². The van der Waals surface area contributed by atoms with E-state index in [0.29, 0.717) is 28.6 Å². The second kappa shape index (κ2) is 8.26. The van der Waals surface area contributed by atoms with Crippen LogP contribution in [-0.4, -0.2) is 48.9 Å². The number of hydrogen-bond donors (Lipinski definition) is 1. The predicted octanol–water partition coefficient (Wildman–Crippen LogP) is 3.17. The molecule has 10 heteroatoms. The summed E-state index contributed by atoms with van der Waals surface area (Å²) in [5.41, 5.74) is 2.05. The van der Waals surface area contributed by atoms with E-state index < -0.39 is 0 Å². The molecule has 2 aromatic heterocycles. The Kier molecular flexibility index (Phi) is 5.69. The van der Waals surface area contributed by atoms with Crippen LogP contribution in [0.3, 0.4) is 0 Å². The summed E-state index contributed by atoms with van der Waals surface area (Å²) in [6, 6.07) is 10.7. The summed E-state index contributed by atoms with van der Waals surface area (Å²) in [7, 11) is 0. The van der Waals surface area contributed by atoms with Crippen LogP contribution in [0.1, 0.15) is 46.8 Å². The average molecular weight is 520 g/mol. The predicted molar refractivity (Wildman–Crippen MR) is 119 cm³/mol. The fourth-order valence-electron chi connectivity index (χ4n) is 3.28. The van der Waals surface area contributed by atoms with Crippen LogP contribution < -0.4 is 9.64 Å². The van der Waals surface area contributed by atoms with Crippen molar-refractivity contribution in [3.63, 3.8) is 0 Å². The van der Waals surface area contributed by atoms with E-state index in [2.05, 4.69) is 43.1 Å². The number of carbonyl (C=O) groups is 1. The minimum atomic E-state index is -0.296. The minimum absolute atomic E-state index is 0.0247. The zero-order valence-corrected chi connectivity index (χ0v) is 18.9. The molecule has 0 fully saturated rings. The van der Waals surface area contributed by atoms with Crippen LogP contribution >= 0.6 is 22.6 Å². The van der Waals surface area contributed by atoms with Gasteiger partial charge in [-0.1, -0.05) is 34.7 Å². The number of anilines is 1. The fraction of sp³-hybridized carbons (Fsp3) is 0.350. The maximum Gasteiger partial charge on any atom is 0.261 e. The molecule has 4 rings (SSSR count). The lowest BCUT2D eigenvalue weighted by atomic mass is 10.1. The molecule has 3 heterocycles. The minimum Gasteiger partial charge on any atom is -0.491 e. The standard InChI is InChI=1S/C20H21IN6O3/c1-11(2)30-13-7-8-14-15(9-13)20(29)26(18(14)21)17-6-4-5-16(22-17)19-23-24-25-27(19)12(3)10-28/h4-9,11-12,18,28H,10H2,1-3H3. The molecular formula is C20H21IN6O3. The van der Waals surface area contributed by atoms with E-state index in [1.54, 1.807) is 23.1 Å². The molecular weight excluding hydrogens is 499 g/mol. The molecule has 1 aliphatic rings. The normalized spacial score (nSPS) is 16.8. The molecule has 1 amide bonds. The van der Waals surface area contributed by atoms with Crippen molar-refractivity contribution < 1.29 is 14.6 Å². The van der Waals surface area contributed by atoms with E-state index >= 15 is 0 Å². The smallest absolute Gasteiger partial charge is 0.261 e. The van der Waals surface area contributed by atoms with Crippen molar-refractivity contribution in [2.75, 3.05) is 11.5 Å². The van der Waals surface area contributed by atoms with Crippen molar-refractivity contribution in [3.8, 4) is 17.3 Å². The highest BCUT2D eigenvalue weighted by molar-refractivity contribution is 14.1. The Bertz CT molecular complexity index is 1090. The van der Waals surface area contributed by atoms with Gasteiger partial charge in [0.05, 0.1) is 18.8 Å². The third-order valence-electron chi connectivity index (χ3n) is 4.71. The van der Waals surface area contributed by atoms with Crippen molar-refractivity contribution in [2.24, 2.45) is 0 Å². The van der Waals surface area contributed by atoms with Gasteiger partial charge in [0.2, 0.25) is 5.82 Å². The van der Waals surface area contributed by atoms with Crippen LogP contribution in [-0.2, 0) is 0 Å². The van der Waals surface area contributed by atoms with Crippen LogP contribution in [0.4, 0.5) is 5.82 Å². The van der Waals surface area contributed by atoms with E-state index in [-0.39, 0.29) is 28.7 Å². The summed E-state index contributed by atoms with van der Waals surface area (Å²) in [5, 5.41) is 21.1. The van der Waals surface area contributed by atoms with Gasteiger partial charge in [-0.05, 0) is 61.0 Å². The second-order valence-electron chi connectivity index (χ2n) is 7.29. The van der Waals surface area contributed by atoms with Gasteiger partial charge in [-0.2, -0.15) is 0 Å². The number of aliphatic hydroxyl groups excluding tert-OH is 1. The molecule has 0 saturated carbocycles. The van der Waals surface area contributed by atoms with Gasteiger partial charge in [0, 0.05) is 5.56 Å². The Labute approximate surface area is 187 Å². The van der Waals surface area contributed by atoms with Crippen LogP contribution in [0.2, 0.25) is 0 Å². The van der Waals surface area contributed by atoms with Crippen molar-refractivity contribution in [3.05, 3.63) is 47.5 Å². The lowest BCUT2D eigenvalue weighted by Gasteiger charge is -2.20. The molecule has 30 heavy (non-hydrogen) atoms. The van der Waals surface area contributed by atoms with Gasteiger partial charge in [0.1, 0.15) is 21.3 Å². The third-order valence-corrected chi connectivity index (χ3v) is 5.94. The number of nitrogens with zero attached hydrogens (tertiary/aromatic N) is 6. The number of rotatable bonds is 6. The molecule has 1 N–H and O–H groups in total. The summed E-state index contributed by atoms with van der Waals surface area (Å²) in [4.78, 5) is 19.5. The van der Waals surface area contributed by atoms with Gasteiger partial charge >= 0.3 is 0 Å². The van der Waals surface area contributed by atoms with E-state index in [4.69, 9.17) is 4.74 Å². The van der Waals surface area contributed by atoms with Gasteiger partial charge in [0.15, 0.2) is 0 Å². The SMILES string of the molecule is CC(C)Oc1ccc2c(c1)C(=O)N(c1cccc(-c3nnnn3C(C)CO)n1)C2I. The lowest BCUT2D eigenvalue weighted by molar-refractivity contribution is 0.0995. The number of halogens is 1. The highest BCUT2D eigenvalue weighted by Gasteiger charge is 2.37. The molecule has 0 saturated heterocycles. The zero-order chi connectivity index (χ0) is 21.4. The Hall–Kier alpha value is -2.60. The summed E-state index contributed by atoms with van der Waals surface area (Å²) >= 11 is 2.24. The van der Waals surface area contributed by atoms with E-state index in [0.717, 1.165) is 5.56 Å². The van der Waals surface area contributed by atoms with Crippen LogP contribution in [0.25, 0.3) is 11.5 Å². The van der Waals surface area contributed by atoms with E-state index in [9.17, 15) is 9.90 Å². The van der Waals surface area contributed by atoms with Crippen molar-refractivity contribution in [2.45, 2.75) is 37.0 Å². The number of fused-ring (bicyclic) bond motifs is 1. The fourth-order valence-corrected chi connectivity index (χ4v) is 4.37. The average Bonchev–Trinajstić information content (AvgIpc) is 3.31. The number of amides is 1. The van der Waals surface area contributed by atoms with Crippen molar-refractivity contribution >= 4 is 34.3 Å². The van der Waals surface area contributed by atoms with Crippen LogP contribution in [0.15, 0.2) is 36.4 Å². The Morgan fingerprint density at radius 2 is 2.03 bits per heavy atom. The molecule has 0 spiro atoms. The van der Waals surface area contributed by atoms with Gasteiger partial charge in [-0.3, -0.25) is 9.69 Å². The topological polar surface area (TPSA) is 106 Å². The highest BCUT2D eigenvalue weighted by atomic mass is 127. The number of alkyl halides is 1. The lowest BCUT2D eigenvalue weighted by Crippen LogP contribution is -2.26. The Morgan fingerprint density at radius 3 is 2.77 bits per heavy atom. The summed E-state index contributed by atoms with van der Waals surface area (Å²) < 4.78 is 7.06. The number of aromatic nitrogens is 5. The highest BCUT2D eigenvalue weighted by Crippen LogP contribution is 2.42. The van der Waals surface area contributed by atoms with E-state index in [1.807, 2.05) is 39.0 Å². The van der Waals surface area contributed by atoms with Gasteiger partial charge in [-0.15, -0.1) is 5.10 Å². The molecule has 3 aromatic rings. The first-order valence-corrected chi connectivity index (χ1v) is 10.8. The van der Waals surface area contributed by atoms with Gasteiger partial charge in [-0.25, -0.2) is 9.67 Å². The first kappa shape index (κ1) is 20.7. The quantitative estimate of drug-likeness (QED) is 0.302. The zero-order valence-electron chi connectivity index (χ0n) is 16.7. The molecule has 0 radical (unpaired) electrons. The second-order valence-corrected chi connectivity index (χ2v) is 8.47. The number of pyridine rings is 1. The van der Waals surface area contributed by atoms with Crippen LogP contribution in [0.5, 0.6) is 5.75 Å². The number of aliphatic hydroxyl groups is 1. The largest absolute Gasteiger partial charge is 0.491 e. The molecule has 0 aliphatic carbocycles. The van der Waals surface area contributed by atoms with E-state index in [1.165, 1.54) is 4.68 Å². The Balaban J connectivity index is 1.69.